The Kier molecular flexibility index (Phi) is 5.28. The van der Waals surface area contributed by atoms with E-state index in [4.69, 9.17) is 4.74 Å². The fraction of sp³-hybridized carbons (Fsp3) is 0.350. The molecule has 4 heteroatoms. The molecule has 0 aromatic heterocycles. The lowest BCUT2D eigenvalue weighted by atomic mass is 10.1. The molecule has 126 valence electrons. The Morgan fingerprint density at radius 1 is 1.04 bits per heavy atom. The number of nitrogens with one attached hydrogen (secondary N) is 1. The Morgan fingerprint density at radius 3 is 2.42 bits per heavy atom. The van der Waals surface area contributed by atoms with Crippen molar-refractivity contribution in [2.24, 2.45) is 0 Å². The second-order valence-electron chi connectivity index (χ2n) is 6.34. The number of benzene rings is 2. The summed E-state index contributed by atoms with van der Waals surface area (Å²) in [5.74, 6) is -0.0703. The third-order valence-electron chi connectivity index (χ3n) is 4.49. The molecule has 1 aliphatic rings. The summed E-state index contributed by atoms with van der Waals surface area (Å²) in [6, 6.07) is 13.9. The van der Waals surface area contributed by atoms with Crippen LogP contribution in [0.5, 0.6) is 0 Å². The Hall–Kier alpha value is -2.17. The third kappa shape index (κ3) is 4.22. The zero-order valence-corrected chi connectivity index (χ0v) is 14.3. The second-order valence-corrected chi connectivity index (χ2v) is 6.34. The molecule has 0 atom stereocenters. The SMILES string of the molecule is Cc1ccc(C(=O)Nc2ccc(CN3CCOCC3)cc2)cc1C. The summed E-state index contributed by atoms with van der Waals surface area (Å²) in [6.45, 7) is 8.57. The van der Waals surface area contributed by atoms with Gasteiger partial charge in [0, 0.05) is 30.9 Å². The van der Waals surface area contributed by atoms with Crippen LogP contribution >= 0.6 is 0 Å². The van der Waals surface area contributed by atoms with E-state index in [0.717, 1.165) is 44.1 Å². The second kappa shape index (κ2) is 7.60. The van der Waals surface area contributed by atoms with E-state index in [2.05, 4.69) is 22.3 Å². The van der Waals surface area contributed by atoms with Crippen molar-refractivity contribution >= 4 is 11.6 Å². The molecule has 24 heavy (non-hydrogen) atoms. The number of morpholine rings is 1. The van der Waals surface area contributed by atoms with Gasteiger partial charge in [0.1, 0.15) is 0 Å². The number of nitrogens with zero attached hydrogens (tertiary/aromatic N) is 1. The fourth-order valence-corrected chi connectivity index (χ4v) is 2.80. The van der Waals surface area contributed by atoms with Crippen LogP contribution in [0, 0.1) is 13.8 Å². The highest BCUT2D eigenvalue weighted by molar-refractivity contribution is 6.04. The van der Waals surface area contributed by atoms with Crippen LogP contribution in [0.25, 0.3) is 0 Å². The normalized spacial score (nSPS) is 15.2. The average molecular weight is 324 g/mol. The van der Waals surface area contributed by atoms with Gasteiger partial charge >= 0.3 is 0 Å². The molecule has 2 aromatic carbocycles. The molecule has 1 N–H and O–H groups in total. The third-order valence-corrected chi connectivity index (χ3v) is 4.49. The van der Waals surface area contributed by atoms with Gasteiger partial charge in [-0.25, -0.2) is 0 Å². The van der Waals surface area contributed by atoms with Gasteiger partial charge in [-0.2, -0.15) is 0 Å². The number of aryl methyl sites for hydroxylation is 2. The maximum atomic E-state index is 12.3. The first kappa shape index (κ1) is 16.7. The van der Waals surface area contributed by atoms with Crippen LogP contribution in [-0.2, 0) is 11.3 Å². The molecular weight excluding hydrogens is 300 g/mol. The molecule has 0 radical (unpaired) electrons. The molecule has 0 saturated carbocycles. The quantitative estimate of drug-likeness (QED) is 0.937. The minimum Gasteiger partial charge on any atom is -0.379 e. The van der Waals surface area contributed by atoms with Gasteiger partial charge in [0.25, 0.3) is 5.91 Å². The summed E-state index contributed by atoms with van der Waals surface area (Å²) in [6.07, 6.45) is 0. The van der Waals surface area contributed by atoms with E-state index in [1.807, 2.05) is 44.2 Å². The lowest BCUT2D eigenvalue weighted by molar-refractivity contribution is 0.0342. The summed E-state index contributed by atoms with van der Waals surface area (Å²) < 4.78 is 5.37. The van der Waals surface area contributed by atoms with E-state index in [0.29, 0.717) is 5.56 Å². The summed E-state index contributed by atoms with van der Waals surface area (Å²) in [4.78, 5) is 14.7. The van der Waals surface area contributed by atoms with Gasteiger partial charge in [-0.15, -0.1) is 0 Å². The number of rotatable bonds is 4. The van der Waals surface area contributed by atoms with Gasteiger partial charge in [0.15, 0.2) is 0 Å². The predicted octanol–water partition coefficient (Wildman–Crippen LogP) is 3.39. The summed E-state index contributed by atoms with van der Waals surface area (Å²) in [5.41, 5.74) is 5.09. The monoisotopic (exact) mass is 324 g/mol. The standard InChI is InChI=1S/C20H24N2O2/c1-15-3-6-18(13-16(15)2)20(23)21-19-7-4-17(5-8-19)14-22-9-11-24-12-10-22/h3-8,13H,9-12,14H2,1-2H3,(H,21,23). The van der Waals surface area contributed by atoms with E-state index >= 15 is 0 Å². The molecule has 1 fully saturated rings. The van der Waals surface area contributed by atoms with Crippen molar-refractivity contribution in [2.45, 2.75) is 20.4 Å². The molecule has 1 saturated heterocycles. The zero-order chi connectivity index (χ0) is 16.9. The highest BCUT2D eigenvalue weighted by Gasteiger charge is 2.11. The predicted molar refractivity (Wildman–Crippen MR) is 96.4 cm³/mol. The first-order valence-electron chi connectivity index (χ1n) is 8.39. The first-order valence-corrected chi connectivity index (χ1v) is 8.39. The highest BCUT2D eigenvalue weighted by Crippen LogP contribution is 2.15. The number of amides is 1. The Morgan fingerprint density at radius 2 is 1.75 bits per heavy atom. The van der Waals surface area contributed by atoms with Crippen molar-refractivity contribution in [1.29, 1.82) is 0 Å². The van der Waals surface area contributed by atoms with Crippen LogP contribution in [0.4, 0.5) is 5.69 Å². The summed E-state index contributed by atoms with van der Waals surface area (Å²) in [5, 5.41) is 2.96. The average Bonchev–Trinajstić information content (AvgIpc) is 2.60. The number of carbonyl (C=O) groups is 1. The highest BCUT2D eigenvalue weighted by atomic mass is 16.5. The summed E-state index contributed by atoms with van der Waals surface area (Å²) >= 11 is 0. The maximum Gasteiger partial charge on any atom is 0.255 e. The number of anilines is 1. The van der Waals surface area contributed by atoms with Crippen LogP contribution in [0.2, 0.25) is 0 Å². The minimum absolute atomic E-state index is 0.0703. The van der Waals surface area contributed by atoms with E-state index in [-0.39, 0.29) is 5.91 Å². The minimum atomic E-state index is -0.0703. The van der Waals surface area contributed by atoms with E-state index in [9.17, 15) is 4.79 Å². The van der Waals surface area contributed by atoms with Gasteiger partial charge in [-0.3, -0.25) is 9.69 Å². The fourth-order valence-electron chi connectivity index (χ4n) is 2.80. The van der Waals surface area contributed by atoms with Crippen molar-refractivity contribution in [1.82, 2.24) is 4.90 Å². The van der Waals surface area contributed by atoms with E-state index in [1.165, 1.54) is 11.1 Å². The van der Waals surface area contributed by atoms with Gasteiger partial charge in [0.05, 0.1) is 13.2 Å². The molecule has 1 heterocycles. The van der Waals surface area contributed by atoms with E-state index in [1.54, 1.807) is 0 Å². The first-order chi connectivity index (χ1) is 11.6. The molecule has 4 nitrogen and oxygen atoms in total. The Balaban J connectivity index is 1.60. The van der Waals surface area contributed by atoms with Crippen molar-refractivity contribution in [3.05, 3.63) is 64.7 Å². The van der Waals surface area contributed by atoms with Crippen LogP contribution in [-0.4, -0.2) is 37.1 Å². The molecule has 0 aliphatic carbocycles. The Labute approximate surface area is 143 Å². The van der Waals surface area contributed by atoms with Crippen molar-refractivity contribution in [2.75, 3.05) is 31.6 Å². The van der Waals surface area contributed by atoms with E-state index < -0.39 is 0 Å². The number of hydrogen-bond donors (Lipinski definition) is 1. The zero-order valence-electron chi connectivity index (χ0n) is 14.3. The maximum absolute atomic E-state index is 12.3. The molecule has 1 aliphatic heterocycles. The smallest absolute Gasteiger partial charge is 0.255 e. The van der Waals surface area contributed by atoms with Crippen LogP contribution in [0.15, 0.2) is 42.5 Å². The molecule has 2 aromatic rings. The lowest BCUT2D eigenvalue weighted by Gasteiger charge is -2.26. The Bertz CT molecular complexity index is 704. The van der Waals surface area contributed by atoms with Crippen molar-refractivity contribution in [3.8, 4) is 0 Å². The number of carbonyl (C=O) groups excluding carboxylic acids is 1. The number of hydrogen-bond acceptors (Lipinski definition) is 3. The largest absolute Gasteiger partial charge is 0.379 e. The van der Waals surface area contributed by atoms with Gasteiger partial charge in [0.2, 0.25) is 0 Å². The topological polar surface area (TPSA) is 41.6 Å². The molecular formula is C20H24N2O2. The van der Waals surface area contributed by atoms with Crippen LogP contribution in [0.3, 0.4) is 0 Å². The van der Waals surface area contributed by atoms with Gasteiger partial charge in [-0.1, -0.05) is 18.2 Å². The van der Waals surface area contributed by atoms with Gasteiger partial charge < -0.3 is 10.1 Å². The lowest BCUT2D eigenvalue weighted by Crippen LogP contribution is -2.35. The molecule has 0 bridgehead atoms. The van der Waals surface area contributed by atoms with Crippen molar-refractivity contribution in [3.63, 3.8) is 0 Å². The number of ether oxygens (including phenoxy) is 1. The molecule has 3 rings (SSSR count). The van der Waals surface area contributed by atoms with Crippen LogP contribution in [0.1, 0.15) is 27.0 Å². The molecule has 1 amide bonds. The molecule has 0 spiro atoms. The van der Waals surface area contributed by atoms with Crippen LogP contribution < -0.4 is 5.32 Å². The van der Waals surface area contributed by atoms with Gasteiger partial charge in [-0.05, 0) is 54.8 Å². The van der Waals surface area contributed by atoms with Crippen molar-refractivity contribution < 1.29 is 9.53 Å². The summed E-state index contributed by atoms with van der Waals surface area (Å²) in [7, 11) is 0. The molecule has 0 unspecified atom stereocenters.